The molecule has 0 bridgehead atoms. The van der Waals surface area contributed by atoms with Gasteiger partial charge in [0.15, 0.2) is 0 Å². The minimum atomic E-state index is -0.439. The number of nitrogens with two attached hydrogens (primary N) is 1. The van der Waals surface area contributed by atoms with E-state index < -0.39 is 12.1 Å². The number of likely N-dealkylation sites (tertiary alicyclic amines) is 1. The first kappa shape index (κ1) is 12.5. The third-order valence-electron chi connectivity index (χ3n) is 3.23. The van der Waals surface area contributed by atoms with Crippen LogP contribution in [0.25, 0.3) is 0 Å². The van der Waals surface area contributed by atoms with Crippen LogP contribution in [0.4, 0.5) is 0 Å². The molecule has 2 unspecified atom stereocenters. The summed E-state index contributed by atoms with van der Waals surface area (Å²) in [5.41, 5.74) is 5.80. The largest absolute Gasteiger partial charge is 0.391 e. The Morgan fingerprint density at radius 1 is 1.53 bits per heavy atom. The maximum absolute atomic E-state index is 11.9. The highest BCUT2D eigenvalue weighted by molar-refractivity contribution is 5.82. The summed E-state index contributed by atoms with van der Waals surface area (Å²) < 4.78 is 0. The van der Waals surface area contributed by atoms with Crippen LogP contribution in [0.3, 0.4) is 0 Å². The van der Waals surface area contributed by atoms with Crippen LogP contribution >= 0.6 is 0 Å². The average molecular weight is 214 g/mol. The fourth-order valence-electron chi connectivity index (χ4n) is 1.75. The number of piperidine rings is 1. The van der Waals surface area contributed by atoms with Crippen molar-refractivity contribution in [1.82, 2.24) is 4.90 Å². The number of aliphatic hydroxyl groups excluding tert-OH is 1. The molecule has 1 aliphatic rings. The lowest BCUT2D eigenvalue weighted by Crippen LogP contribution is -2.52. The van der Waals surface area contributed by atoms with Crippen LogP contribution < -0.4 is 5.73 Å². The smallest absolute Gasteiger partial charge is 0.239 e. The average Bonchev–Trinajstić information content (AvgIpc) is 2.19. The minimum absolute atomic E-state index is 0.0315. The molecule has 1 amide bonds. The molecular weight excluding hydrogens is 192 g/mol. The number of hydrogen-bond acceptors (Lipinski definition) is 3. The van der Waals surface area contributed by atoms with Crippen molar-refractivity contribution >= 4 is 5.91 Å². The van der Waals surface area contributed by atoms with Gasteiger partial charge in [0.05, 0.1) is 12.1 Å². The first-order valence-corrected chi connectivity index (χ1v) is 5.66. The molecule has 1 fully saturated rings. The molecule has 3 atom stereocenters. The summed E-state index contributed by atoms with van der Waals surface area (Å²) in [5, 5.41) is 9.68. The fraction of sp³-hybridized carbons (Fsp3) is 0.909. The van der Waals surface area contributed by atoms with E-state index in [0.29, 0.717) is 6.54 Å². The van der Waals surface area contributed by atoms with Crippen molar-refractivity contribution in [3.05, 3.63) is 0 Å². The summed E-state index contributed by atoms with van der Waals surface area (Å²) in [4.78, 5) is 13.6. The van der Waals surface area contributed by atoms with Crippen LogP contribution in [-0.2, 0) is 4.79 Å². The van der Waals surface area contributed by atoms with Gasteiger partial charge in [0, 0.05) is 13.1 Å². The molecule has 4 heteroatoms. The van der Waals surface area contributed by atoms with Gasteiger partial charge in [-0.25, -0.2) is 0 Å². The summed E-state index contributed by atoms with van der Waals surface area (Å²) in [5.74, 6) is 0.397. The number of amides is 1. The Morgan fingerprint density at radius 2 is 2.13 bits per heavy atom. The Morgan fingerprint density at radius 3 is 2.60 bits per heavy atom. The van der Waals surface area contributed by atoms with E-state index in [-0.39, 0.29) is 17.7 Å². The summed E-state index contributed by atoms with van der Waals surface area (Å²) in [7, 11) is 0. The Bertz CT molecular complexity index is 231. The topological polar surface area (TPSA) is 66.6 Å². The molecule has 1 saturated heterocycles. The molecule has 1 rings (SSSR count). The lowest BCUT2D eigenvalue weighted by atomic mass is 9.94. The van der Waals surface area contributed by atoms with Gasteiger partial charge in [0.2, 0.25) is 5.91 Å². The molecule has 1 heterocycles. The number of β-amino-alcohol motifs (C(OH)–C–C–N with tert-alkyl or cyclic N) is 1. The normalized spacial score (nSPS) is 29.3. The van der Waals surface area contributed by atoms with E-state index in [2.05, 4.69) is 0 Å². The molecule has 1 aliphatic heterocycles. The lowest BCUT2D eigenvalue weighted by Gasteiger charge is -2.36. The monoisotopic (exact) mass is 214 g/mol. The highest BCUT2D eigenvalue weighted by Crippen LogP contribution is 2.18. The second-order valence-electron chi connectivity index (χ2n) is 4.89. The first-order chi connectivity index (χ1) is 6.93. The van der Waals surface area contributed by atoms with Crippen molar-refractivity contribution in [2.45, 2.75) is 39.3 Å². The zero-order valence-electron chi connectivity index (χ0n) is 9.81. The van der Waals surface area contributed by atoms with E-state index in [1.54, 1.807) is 4.90 Å². The maximum atomic E-state index is 11.9. The Kier molecular flexibility index (Phi) is 4.11. The van der Waals surface area contributed by atoms with E-state index in [0.717, 1.165) is 13.0 Å². The van der Waals surface area contributed by atoms with Crippen LogP contribution in [0.15, 0.2) is 0 Å². The molecule has 0 aliphatic carbocycles. The van der Waals surface area contributed by atoms with Gasteiger partial charge in [-0.2, -0.15) is 0 Å². The van der Waals surface area contributed by atoms with Crippen LogP contribution in [-0.4, -0.2) is 41.1 Å². The number of hydrogen-bond donors (Lipinski definition) is 2. The van der Waals surface area contributed by atoms with Crippen molar-refractivity contribution in [2.75, 3.05) is 13.1 Å². The van der Waals surface area contributed by atoms with E-state index in [1.807, 2.05) is 20.8 Å². The molecule has 0 aromatic rings. The molecule has 0 aromatic carbocycles. The summed E-state index contributed by atoms with van der Waals surface area (Å²) >= 11 is 0. The molecule has 0 radical (unpaired) electrons. The number of rotatable bonds is 2. The molecule has 0 saturated carbocycles. The Balaban J connectivity index is 2.54. The zero-order valence-corrected chi connectivity index (χ0v) is 9.81. The van der Waals surface area contributed by atoms with Crippen molar-refractivity contribution in [2.24, 2.45) is 17.6 Å². The van der Waals surface area contributed by atoms with Crippen molar-refractivity contribution in [1.29, 1.82) is 0 Å². The van der Waals surface area contributed by atoms with Crippen molar-refractivity contribution in [3.8, 4) is 0 Å². The second kappa shape index (κ2) is 4.94. The van der Waals surface area contributed by atoms with Gasteiger partial charge in [-0.1, -0.05) is 20.8 Å². The standard InChI is InChI=1S/C11H22N2O2/c1-7(2)10(12)11(15)13-5-4-8(3)9(14)6-13/h7-10,14H,4-6,12H2,1-3H3/t8?,9?,10-/m0/s1. The molecule has 3 N–H and O–H groups in total. The minimum Gasteiger partial charge on any atom is -0.391 e. The molecular formula is C11H22N2O2. The molecule has 0 aromatic heterocycles. The van der Waals surface area contributed by atoms with Crippen LogP contribution in [0.1, 0.15) is 27.2 Å². The van der Waals surface area contributed by atoms with E-state index in [4.69, 9.17) is 5.73 Å². The van der Waals surface area contributed by atoms with Gasteiger partial charge in [0.25, 0.3) is 0 Å². The van der Waals surface area contributed by atoms with Gasteiger partial charge in [-0.15, -0.1) is 0 Å². The summed E-state index contributed by atoms with van der Waals surface area (Å²) in [6, 6.07) is -0.439. The maximum Gasteiger partial charge on any atom is 0.239 e. The Labute approximate surface area is 91.4 Å². The van der Waals surface area contributed by atoms with Gasteiger partial charge in [0.1, 0.15) is 0 Å². The van der Waals surface area contributed by atoms with Crippen LogP contribution in [0.5, 0.6) is 0 Å². The molecule has 15 heavy (non-hydrogen) atoms. The lowest BCUT2D eigenvalue weighted by molar-refractivity contribution is -0.137. The SMILES string of the molecule is CC1CCN(C(=O)[C@@H](N)C(C)C)CC1O. The van der Waals surface area contributed by atoms with Crippen LogP contribution in [0, 0.1) is 11.8 Å². The molecule has 0 spiro atoms. The number of aliphatic hydroxyl groups is 1. The summed E-state index contributed by atoms with van der Waals surface area (Å²) in [6.45, 7) is 7.03. The fourth-order valence-corrected chi connectivity index (χ4v) is 1.75. The predicted molar refractivity (Wildman–Crippen MR) is 59.2 cm³/mol. The van der Waals surface area contributed by atoms with Crippen molar-refractivity contribution in [3.63, 3.8) is 0 Å². The van der Waals surface area contributed by atoms with Crippen LogP contribution in [0.2, 0.25) is 0 Å². The molecule has 4 nitrogen and oxygen atoms in total. The van der Waals surface area contributed by atoms with Gasteiger partial charge in [-0.05, 0) is 18.3 Å². The van der Waals surface area contributed by atoms with E-state index in [9.17, 15) is 9.90 Å². The third-order valence-corrected chi connectivity index (χ3v) is 3.23. The van der Waals surface area contributed by atoms with Gasteiger partial charge in [-0.3, -0.25) is 4.79 Å². The number of carbonyl (C=O) groups is 1. The summed E-state index contributed by atoms with van der Waals surface area (Å²) in [6.07, 6.45) is 0.458. The van der Waals surface area contributed by atoms with Crippen molar-refractivity contribution < 1.29 is 9.90 Å². The first-order valence-electron chi connectivity index (χ1n) is 5.66. The van der Waals surface area contributed by atoms with E-state index >= 15 is 0 Å². The third kappa shape index (κ3) is 2.92. The quantitative estimate of drug-likeness (QED) is 0.690. The Hall–Kier alpha value is -0.610. The number of carbonyl (C=O) groups excluding carboxylic acids is 1. The highest BCUT2D eigenvalue weighted by Gasteiger charge is 2.30. The zero-order chi connectivity index (χ0) is 11.6. The highest BCUT2D eigenvalue weighted by atomic mass is 16.3. The number of nitrogens with zero attached hydrogens (tertiary/aromatic N) is 1. The van der Waals surface area contributed by atoms with Gasteiger partial charge >= 0.3 is 0 Å². The predicted octanol–water partition coefficient (Wildman–Crippen LogP) is 0.199. The van der Waals surface area contributed by atoms with E-state index in [1.165, 1.54) is 0 Å². The molecule has 88 valence electrons. The second-order valence-corrected chi connectivity index (χ2v) is 4.89. The van der Waals surface area contributed by atoms with Gasteiger partial charge < -0.3 is 15.7 Å².